The molecule has 0 saturated carbocycles. The molecular weight excluding hydrogens is 414 g/mol. The van der Waals surface area contributed by atoms with Crippen molar-refractivity contribution in [2.45, 2.75) is 32.2 Å². The van der Waals surface area contributed by atoms with E-state index in [0.29, 0.717) is 24.5 Å². The number of amides is 1. The highest BCUT2D eigenvalue weighted by Crippen LogP contribution is 2.25. The van der Waals surface area contributed by atoms with Crippen molar-refractivity contribution in [1.29, 1.82) is 0 Å². The average Bonchev–Trinajstić information content (AvgIpc) is 2.97. The Kier molecular flexibility index (Phi) is 6.19. The van der Waals surface area contributed by atoms with Crippen LogP contribution in [0.25, 0.3) is 0 Å². The predicted molar refractivity (Wildman–Crippen MR) is 108 cm³/mol. The Balaban J connectivity index is 1.80. The molecule has 0 bridgehead atoms. The SMILES string of the molecule is Cc1ccc(S(=O)(=O)N2CCOCC2)cc1NC(=O)Cn1nc(C)c([N+](=O)[O-])c1C. The van der Waals surface area contributed by atoms with E-state index in [-0.39, 0.29) is 41.6 Å². The Morgan fingerprint density at radius 3 is 2.53 bits per heavy atom. The molecule has 1 aromatic heterocycles. The molecule has 162 valence electrons. The number of nitrogens with one attached hydrogen (secondary N) is 1. The lowest BCUT2D eigenvalue weighted by Gasteiger charge is -2.26. The van der Waals surface area contributed by atoms with Crippen LogP contribution in [0.15, 0.2) is 23.1 Å². The number of hydrogen-bond donors (Lipinski definition) is 1. The van der Waals surface area contributed by atoms with Gasteiger partial charge in [0, 0.05) is 18.8 Å². The quantitative estimate of drug-likeness (QED) is 0.532. The molecule has 1 aliphatic rings. The van der Waals surface area contributed by atoms with E-state index >= 15 is 0 Å². The van der Waals surface area contributed by atoms with E-state index in [4.69, 9.17) is 4.74 Å². The van der Waals surface area contributed by atoms with Gasteiger partial charge in [-0.3, -0.25) is 19.6 Å². The highest BCUT2D eigenvalue weighted by atomic mass is 32.2. The van der Waals surface area contributed by atoms with Gasteiger partial charge in [-0.2, -0.15) is 9.40 Å². The van der Waals surface area contributed by atoms with Crippen molar-refractivity contribution >= 4 is 27.3 Å². The van der Waals surface area contributed by atoms with Gasteiger partial charge in [0.15, 0.2) is 0 Å². The monoisotopic (exact) mass is 437 g/mol. The number of benzene rings is 1. The van der Waals surface area contributed by atoms with Crippen molar-refractivity contribution in [3.8, 4) is 0 Å². The lowest BCUT2D eigenvalue weighted by atomic mass is 10.2. The maximum atomic E-state index is 12.9. The molecular formula is C18H23N5O6S. The lowest BCUT2D eigenvalue weighted by Crippen LogP contribution is -2.40. The summed E-state index contributed by atoms with van der Waals surface area (Å²) in [6.07, 6.45) is 0. The zero-order chi connectivity index (χ0) is 22.1. The Bertz CT molecular complexity index is 1090. The minimum Gasteiger partial charge on any atom is -0.379 e. The number of hydrogen-bond acceptors (Lipinski definition) is 7. The molecule has 12 heteroatoms. The standard InChI is InChI=1S/C18H23N5O6S/c1-12-4-5-15(30(27,28)21-6-8-29-9-7-21)10-16(12)19-17(24)11-22-14(3)18(23(25)26)13(2)20-22/h4-5,10H,6-9,11H2,1-3H3,(H,19,24). The molecule has 1 aliphatic heterocycles. The van der Waals surface area contributed by atoms with Gasteiger partial charge in [-0.1, -0.05) is 6.07 Å². The van der Waals surface area contributed by atoms with Crippen LogP contribution >= 0.6 is 0 Å². The van der Waals surface area contributed by atoms with Gasteiger partial charge >= 0.3 is 5.69 Å². The fourth-order valence-electron chi connectivity index (χ4n) is 3.26. The summed E-state index contributed by atoms with van der Waals surface area (Å²) in [5.74, 6) is -0.473. The van der Waals surface area contributed by atoms with Crippen LogP contribution in [-0.2, 0) is 26.1 Å². The fourth-order valence-corrected chi connectivity index (χ4v) is 4.70. The van der Waals surface area contributed by atoms with Crippen LogP contribution in [0.2, 0.25) is 0 Å². The summed E-state index contributed by atoms with van der Waals surface area (Å²) in [7, 11) is -3.70. The first-order chi connectivity index (χ1) is 14.1. The molecule has 0 spiro atoms. The molecule has 3 rings (SSSR count). The number of morpholine rings is 1. The Hall–Kier alpha value is -2.83. The summed E-state index contributed by atoms with van der Waals surface area (Å²) < 4.78 is 33.5. The predicted octanol–water partition coefficient (Wildman–Crippen LogP) is 1.38. The number of sulfonamides is 1. The van der Waals surface area contributed by atoms with E-state index in [1.807, 2.05) is 0 Å². The summed E-state index contributed by atoms with van der Waals surface area (Å²) in [4.78, 5) is 23.2. The summed E-state index contributed by atoms with van der Waals surface area (Å²) in [6.45, 7) is 5.75. The summed E-state index contributed by atoms with van der Waals surface area (Å²) >= 11 is 0. The number of nitro groups is 1. The van der Waals surface area contributed by atoms with Gasteiger partial charge in [0.1, 0.15) is 17.9 Å². The van der Waals surface area contributed by atoms with Crippen LogP contribution in [0.3, 0.4) is 0 Å². The number of aromatic nitrogens is 2. The zero-order valence-corrected chi connectivity index (χ0v) is 17.7. The molecule has 0 aliphatic carbocycles. The Labute approximate surface area is 173 Å². The van der Waals surface area contributed by atoms with E-state index in [1.54, 1.807) is 13.0 Å². The second-order valence-corrected chi connectivity index (χ2v) is 8.91. The number of nitrogens with zero attached hydrogens (tertiary/aromatic N) is 4. The molecule has 1 amide bonds. The highest BCUT2D eigenvalue weighted by molar-refractivity contribution is 7.89. The average molecular weight is 437 g/mol. The van der Waals surface area contributed by atoms with Crippen LogP contribution in [-0.4, -0.2) is 59.6 Å². The first-order valence-corrected chi connectivity index (χ1v) is 10.7. The van der Waals surface area contributed by atoms with Crippen molar-refractivity contribution in [2.24, 2.45) is 0 Å². The molecule has 1 N–H and O–H groups in total. The third-order valence-electron chi connectivity index (χ3n) is 4.91. The van der Waals surface area contributed by atoms with Crippen molar-refractivity contribution < 1.29 is 22.9 Å². The van der Waals surface area contributed by atoms with Gasteiger partial charge in [0.25, 0.3) is 0 Å². The molecule has 2 heterocycles. The maximum Gasteiger partial charge on any atom is 0.312 e. The van der Waals surface area contributed by atoms with Crippen LogP contribution in [0.1, 0.15) is 17.0 Å². The zero-order valence-electron chi connectivity index (χ0n) is 16.9. The summed E-state index contributed by atoms with van der Waals surface area (Å²) in [5, 5.41) is 17.9. The van der Waals surface area contributed by atoms with E-state index in [9.17, 15) is 23.3 Å². The van der Waals surface area contributed by atoms with Crippen molar-refractivity contribution in [2.75, 3.05) is 31.6 Å². The summed E-state index contributed by atoms with van der Waals surface area (Å²) in [5.41, 5.74) is 1.40. The van der Waals surface area contributed by atoms with Crippen LogP contribution < -0.4 is 5.32 Å². The first kappa shape index (κ1) is 21.9. The first-order valence-electron chi connectivity index (χ1n) is 9.28. The van der Waals surface area contributed by atoms with Gasteiger partial charge in [0.05, 0.1) is 23.0 Å². The minimum atomic E-state index is -3.70. The number of aryl methyl sites for hydroxylation is 2. The molecule has 30 heavy (non-hydrogen) atoms. The van der Waals surface area contributed by atoms with E-state index in [2.05, 4.69) is 10.4 Å². The second kappa shape index (κ2) is 8.50. The minimum absolute atomic E-state index is 0.0760. The largest absolute Gasteiger partial charge is 0.379 e. The van der Waals surface area contributed by atoms with Gasteiger partial charge in [0.2, 0.25) is 15.9 Å². The highest BCUT2D eigenvalue weighted by Gasteiger charge is 2.27. The third-order valence-corrected chi connectivity index (χ3v) is 6.80. The van der Waals surface area contributed by atoms with E-state index in [0.717, 1.165) is 0 Å². The summed E-state index contributed by atoms with van der Waals surface area (Å²) in [6, 6.07) is 4.54. The van der Waals surface area contributed by atoms with Crippen molar-refractivity contribution in [1.82, 2.24) is 14.1 Å². The van der Waals surface area contributed by atoms with Gasteiger partial charge in [-0.15, -0.1) is 0 Å². The number of carbonyl (C=O) groups is 1. The molecule has 0 atom stereocenters. The smallest absolute Gasteiger partial charge is 0.312 e. The molecule has 1 fully saturated rings. The van der Waals surface area contributed by atoms with Crippen LogP contribution in [0.4, 0.5) is 11.4 Å². The van der Waals surface area contributed by atoms with Crippen molar-refractivity contribution in [3.63, 3.8) is 0 Å². The molecule has 1 aromatic carbocycles. The molecule has 2 aromatic rings. The topological polar surface area (TPSA) is 137 Å². The van der Waals surface area contributed by atoms with Crippen LogP contribution in [0, 0.1) is 30.9 Å². The third kappa shape index (κ3) is 4.35. The van der Waals surface area contributed by atoms with Gasteiger partial charge < -0.3 is 10.1 Å². The van der Waals surface area contributed by atoms with Crippen molar-refractivity contribution in [3.05, 3.63) is 45.3 Å². The number of anilines is 1. The Morgan fingerprint density at radius 2 is 1.93 bits per heavy atom. The number of rotatable bonds is 6. The Morgan fingerprint density at radius 1 is 1.27 bits per heavy atom. The molecule has 0 unspecified atom stereocenters. The van der Waals surface area contributed by atoms with Gasteiger partial charge in [-0.05, 0) is 38.5 Å². The lowest BCUT2D eigenvalue weighted by molar-refractivity contribution is -0.386. The molecule has 11 nitrogen and oxygen atoms in total. The fraction of sp³-hybridized carbons (Fsp3) is 0.444. The number of carbonyl (C=O) groups excluding carboxylic acids is 1. The molecule has 0 radical (unpaired) electrons. The number of ether oxygens (including phenoxy) is 1. The van der Waals surface area contributed by atoms with E-state index < -0.39 is 20.9 Å². The van der Waals surface area contributed by atoms with Crippen LogP contribution in [0.5, 0.6) is 0 Å². The van der Waals surface area contributed by atoms with Gasteiger partial charge in [-0.25, -0.2) is 8.42 Å². The van der Waals surface area contributed by atoms with E-state index in [1.165, 1.54) is 35.0 Å². The normalized spacial score (nSPS) is 15.2. The molecule has 1 saturated heterocycles. The second-order valence-electron chi connectivity index (χ2n) is 6.98. The maximum absolute atomic E-state index is 12.9.